The van der Waals surface area contributed by atoms with Crippen LogP contribution in [0, 0.1) is 20.8 Å². The zero-order valence-corrected chi connectivity index (χ0v) is 23.1. The van der Waals surface area contributed by atoms with Crippen molar-refractivity contribution in [2.75, 3.05) is 15.9 Å². The minimum atomic E-state index is -3.41. The van der Waals surface area contributed by atoms with E-state index in [1.54, 1.807) is 24.4 Å². The highest BCUT2D eigenvalue weighted by molar-refractivity contribution is 7.92. The molecule has 2 aromatic carbocycles. The topological polar surface area (TPSA) is 99.5 Å². The van der Waals surface area contributed by atoms with E-state index in [4.69, 9.17) is 12.2 Å². The van der Waals surface area contributed by atoms with Crippen LogP contribution in [0.25, 0.3) is 5.69 Å². The van der Waals surface area contributed by atoms with Gasteiger partial charge < -0.3 is 19.9 Å². The Morgan fingerprint density at radius 2 is 1.71 bits per heavy atom. The van der Waals surface area contributed by atoms with E-state index in [1.165, 1.54) is 0 Å². The van der Waals surface area contributed by atoms with Gasteiger partial charge in [0.25, 0.3) is 0 Å². The molecule has 0 aliphatic carbocycles. The highest BCUT2D eigenvalue weighted by atomic mass is 32.2. The summed E-state index contributed by atoms with van der Waals surface area (Å²) >= 11 is 5.87. The molecule has 1 aliphatic heterocycles. The number of benzene rings is 2. The molecule has 2 atom stereocenters. The van der Waals surface area contributed by atoms with E-state index in [2.05, 4.69) is 44.4 Å². The molecule has 0 spiro atoms. The zero-order valence-electron chi connectivity index (χ0n) is 21.5. The smallest absolute Gasteiger partial charge is 0.229 e. The minimum Gasteiger partial charge on any atom is -0.508 e. The Kier molecular flexibility index (Phi) is 6.62. The number of aromatic hydroxyl groups is 1. The van der Waals surface area contributed by atoms with Gasteiger partial charge in [-0.25, -0.2) is 8.42 Å². The van der Waals surface area contributed by atoms with Crippen LogP contribution in [-0.4, -0.2) is 34.4 Å². The molecular weight excluding hydrogens is 518 g/mol. The van der Waals surface area contributed by atoms with Gasteiger partial charge in [0.05, 0.1) is 29.7 Å². The Morgan fingerprint density at radius 3 is 2.34 bits per heavy atom. The Morgan fingerprint density at radius 1 is 1.00 bits per heavy atom. The molecule has 5 rings (SSSR count). The number of nitrogens with one attached hydrogen (secondary N) is 2. The third-order valence-electron chi connectivity index (χ3n) is 6.78. The molecule has 3 N–H and O–H groups in total. The summed E-state index contributed by atoms with van der Waals surface area (Å²) in [6.07, 6.45) is 2.91. The molecule has 3 heterocycles. The molecule has 0 bridgehead atoms. The molecule has 8 nitrogen and oxygen atoms in total. The van der Waals surface area contributed by atoms with Crippen LogP contribution in [0.2, 0.25) is 0 Å². The normalized spacial score (nSPS) is 17.5. The summed E-state index contributed by atoms with van der Waals surface area (Å²) in [6.45, 7) is 6.00. The molecule has 2 aromatic heterocycles. The second-order valence-corrected chi connectivity index (χ2v) is 11.7. The first-order valence-corrected chi connectivity index (χ1v) is 14.4. The first-order chi connectivity index (χ1) is 18.0. The number of nitrogens with zero attached hydrogens (tertiary/aromatic N) is 3. The number of rotatable bonds is 6. The summed E-state index contributed by atoms with van der Waals surface area (Å²) in [5.74, 6) is 0.215. The molecule has 1 aliphatic rings. The van der Waals surface area contributed by atoms with Crippen molar-refractivity contribution in [3.8, 4) is 11.4 Å². The van der Waals surface area contributed by atoms with E-state index in [-0.39, 0.29) is 17.8 Å². The highest BCUT2D eigenvalue weighted by Crippen LogP contribution is 2.44. The fourth-order valence-corrected chi connectivity index (χ4v) is 6.12. The predicted octanol–water partition coefficient (Wildman–Crippen LogP) is 5.05. The van der Waals surface area contributed by atoms with Crippen LogP contribution in [0.4, 0.5) is 11.4 Å². The van der Waals surface area contributed by atoms with Gasteiger partial charge in [0.1, 0.15) is 5.75 Å². The predicted molar refractivity (Wildman–Crippen MR) is 154 cm³/mol. The Labute approximate surface area is 228 Å². The van der Waals surface area contributed by atoms with E-state index in [9.17, 15) is 13.5 Å². The molecular formula is C28H29N5O3S2. The van der Waals surface area contributed by atoms with Crippen LogP contribution in [0.3, 0.4) is 0 Å². The van der Waals surface area contributed by atoms with Gasteiger partial charge in [-0.3, -0.25) is 9.71 Å². The zero-order chi connectivity index (χ0) is 27.2. The number of hydrogen-bond acceptors (Lipinski definition) is 5. The Balaban J connectivity index is 1.65. The highest BCUT2D eigenvalue weighted by Gasteiger charge is 2.42. The molecule has 0 amide bonds. The van der Waals surface area contributed by atoms with E-state index >= 15 is 0 Å². The number of thiocarbonyl (C=S) groups is 1. The average Bonchev–Trinajstić information content (AvgIpc) is 3.36. The van der Waals surface area contributed by atoms with Crippen LogP contribution < -0.4 is 14.9 Å². The lowest BCUT2D eigenvalue weighted by molar-refractivity contribution is 0.475. The Bertz CT molecular complexity index is 1620. The Hall–Kier alpha value is -3.89. The second kappa shape index (κ2) is 9.77. The van der Waals surface area contributed by atoms with Crippen molar-refractivity contribution >= 4 is 38.7 Å². The quantitative estimate of drug-likeness (QED) is 0.291. The summed E-state index contributed by atoms with van der Waals surface area (Å²) in [5, 5.41) is 13.8. The first-order valence-electron chi connectivity index (χ1n) is 12.1. The summed E-state index contributed by atoms with van der Waals surface area (Å²) in [5.41, 5.74) is 7.14. The lowest BCUT2D eigenvalue weighted by Crippen LogP contribution is -2.29. The van der Waals surface area contributed by atoms with Gasteiger partial charge in [0, 0.05) is 29.0 Å². The number of anilines is 2. The summed E-state index contributed by atoms with van der Waals surface area (Å²) < 4.78 is 28.4. The van der Waals surface area contributed by atoms with Crippen LogP contribution in [0.15, 0.2) is 72.9 Å². The van der Waals surface area contributed by atoms with Crippen molar-refractivity contribution in [1.82, 2.24) is 14.9 Å². The second-order valence-electron chi connectivity index (χ2n) is 9.55. The van der Waals surface area contributed by atoms with E-state index < -0.39 is 10.0 Å². The third kappa shape index (κ3) is 4.84. The van der Waals surface area contributed by atoms with E-state index in [0.717, 1.165) is 45.8 Å². The lowest BCUT2D eigenvalue weighted by atomic mass is 9.96. The standard InChI is InChI=1S/C28H29N5O3S2/c1-17-15-21(10-13-24(17)31-38(4,35)36)33-27(26(30-28(33)37)25-7-5-6-14-29-25)23-16-18(2)32(19(23)3)20-8-11-22(34)12-9-20/h5-16,26-27,31,34H,1-4H3,(H,30,37)/t26-,27-/m1/s1. The van der Waals surface area contributed by atoms with Gasteiger partial charge in [0.15, 0.2) is 5.11 Å². The maximum absolute atomic E-state index is 11.8. The van der Waals surface area contributed by atoms with Gasteiger partial charge in [0.2, 0.25) is 10.0 Å². The van der Waals surface area contributed by atoms with Crippen molar-refractivity contribution < 1.29 is 13.5 Å². The molecule has 0 saturated carbocycles. The van der Waals surface area contributed by atoms with Crippen molar-refractivity contribution in [2.24, 2.45) is 0 Å². The van der Waals surface area contributed by atoms with Crippen molar-refractivity contribution in [1.29, 1.82) is 0 Å². The molecule has 10 heteroatoms. The summed E-state index contributed by atoms with van der Waals surface area (Å²) in [6, 6.07) is 20.3. The van der Waals surface area contributed by atoms with Crippen LogP contribution in [0.5, 0.6) is 5.75 Å². The summed E-state index contributed by atoms with van der Waals surface area (Å²) in [7, 11) is -3.41. The molecule has 1 saturated heterocycles. The average molecular weight is 548 g/mol. The molecule has 1 fully saturated rings. The number of aryl methyl sites for hydroxylation is 2. The van der Waals surface area contributed by atoms with Crippen LogP contribution in [0.1, 0.15) is 40.3 Å². The van der Waals surface area contributed by atoms with Gasteiger partial charge in [-0.15, -0.1) is 0 Å². The van der Waals surface area contributed by atoms with Crippen LogP contribution >= 0.6 is 12.2 Å². The number of phenols is 1. The molecule has 0 unspecified atom stereocenters. The van der Waals surface area contributed by atoms with Crippen LogP contribution in [-0.2, 0) is 10.0 Å². The van der Waals surface area contributed by atoms with Gasteiger partial charge in [-0.05, 0) is 105 Å². The maximum atomic E-state index is 11.8. The maximum Gasteiger partial charge on any atom is 0.229 e. The molecule has 38 heavy (non-hydrogen) atoms. The number of sulfonamides is 1. The first kappa shape index (κ1) is 25.7. The third-order valence-corrected chi connectivity index (χ3v) is 7.68. The SMILES string of the molecule is Cc1cc(N2C(=S)N[C@H](c3ccccn3)[C@H]2c2cc(C)n(-c3ccc(O)cc3)c2C)ccc1NS(C)(=O)=O. The van der Waals surface area contributed by atoms with Crippen molar-refractivity contribution in [3.63, 3.8) is 0 Å². The minimum absolute atomic E-state index is 0.215. The number of hydrogen-bond donors (Lipinski definition) is 3. The molecule has 196 valence electrons. The monoisotopic (exact) mass is 547 g/mol. The molecule has 4 aromatic rings. The van der Waals surface area contributed by atoms with Gasteiger partial charge >= 0.3 is 0 Å². The van der Waals surface area contributed by atoms with Crippen molar-refractivity contribution in [3.05, 3.63) is 101 Å². The van der Waals surface area contributed by atoms with E-state index in [0.29, 0.717) is 10.8 Å². The van der Waals surface area contributed by atoms with Gasteiger partial charge in [-0.1, -0.05) is 6.07 Å². The lowest BCUT2D eigenvalue weighted by Gasteiger charge is -2.29. The number of aromatic nitrogens is 2. The number of phenolic OH excluding ortho intramolecular Hbond substituents is 1. The largest absolute Gasteiger partial charge is 0.508 e. The fraction of sp³-hybridized carbons (Fsp3) is 0.214. The van der Waals surface area contributed by atoms with E-state index in [1.807, 2.05) is 49.4 Å². The van der Waals surface area contributed by atoms with Crippen molar-refractivity contribution in [2.45, 2.75) is 32.9 Å². The summed E-state index contributed by atoms with van der Waals surface area (Å²) in [4.78, 5) is 6.72. The number of pyridine rings is 1. The fourth-order valence-electron chi connectivity index (χ4n) is 5.15. The molecule has 0 radical (unpaired) electrons. The van der Waals surface area contributed by atoms with Gasteiger partial charge in [-0.2, -0.15) is 0 Å².